The second-order valence-electron chi connectivity index (χ2n) is 4.08. The Bertz CT molecular complexity index is 495. The lowest BCUT2D eigenvalue weighted by Crippen LogP contribution is -2.14. The van der Waals surface area contributed by atoms with Crippen molar-refractivity contribution in [3.05, 3.63) is 39.9 Å². The number of nitrogens with zero attached hydrogens (tertiary/aromatic N) is 1. The Hall–Kier alpha value is -2.25. The van der Waals surface area contributed by atoms with Crippen LogP contribution in [0.2, 0.25) is 5.82 Å². The minimum Gasteiger partial charge on any atom is -0.463 e. The Balaban J connectivity index is 2.50. The molecule has 1 N–H and O–H groups in total. The number of hydrogen-bond acceptors (Lipinski definition) is 5. The number of nitrogens with one attached hydrogen (secondary N) is 1. The summed E-state index contributed by atoms with van der Waals surface area (Å²) in [5.41, 5.74) is 0.0103. The van der Waals surface area contributed by atoms with Gasteiger partial charge in [-0.2, -0.15) is 0 Å². The van der Waals surface area contributed by atoms with Crippen molar-refractivity contribution in [3.8, 4) is 0 Å². The first-order valence-corrected chi connectivity index (χ1v) is 5.76. The second kappa shape index (κ2) is 7.37. The molecule has 2 atom stereocenters. The van der Waals surface area contributed by atoms with E-state index in [1.54, 1.807) is 0 Å². The highest BCUT2D eigenvalue weighted by atomic mass is 19.1. The smallest absolute Gasteiger partial charge is 0.338 e. The van der Waals surface area contributed by atoms with Crippen molar-refractivity contribution in [2.45, 2.75) is 18.4 Å². The number of rotatable bonds is 7. The number of benzene rings is 1. The van der Waals surface area contributed by atoms with Crippen LogP contribution in [0, 0.1) is 15.5 Å². The van der Waals surface area contributed by atoms with E-state index < -0.39 is 22.9 Å². The van der Waals surface area contributed by atoms with Gasteiger partial charge in [-0.15, -0.1) is 0 Å². The third-order valence-corrected chi connectivity index (χ3v) is 2.45. The molecule has 0 bridgehead atoms. The number of ether oxygens (including phenoxy) is 1. The zero-order valence-electron chi connectivity index (χ0n) is 10.5. The van der Waals surface area contributed by atoms with E-state index in [1.807, 2.05) is 0 Å². The predicted octanol–water partition coefficient (Wildman–Crippen LogP) is 2.09. The molecule has 0 amide bonds. The maximum absolute atomic E-state index is 12.8. The lowest BCUT2D eigenvalue weighted by molar-refractivity contribution is -0.384. The normalized spacial score (nSPS) is 13.2. The van der Waals surface area contributed by atoms with Gasteiger partial charge in [-0.25, -0.2) is 9.18 Å². The molecule has 0 fully saturated rings. The van der Waals surface area contributed by atoms with Crippen LogP contribution >= 0.6 is 0 Å². The fourth-order valence-electron chi connectivity index (χ4n) is 1.41. The first kappa shape index (κ1) is 15.8. The zero-order chi connectivity index (χ0) is 15.1. The maximum Gasteiger partial charge on any atom is 0.338 e. The lowest BCUT2D eigenvalue weighted by atomic mass is 9.84. The van der Waals surface area contributed by atoms with Gasteiger partial charge in [0.25, 0.3) is 5.69 Å². The predicted molar refractivity (Wildman–Crippen MR) is 71.2 cm³/mol. The molecular formula is C12H12BFN2O4. The Kier molecular flexibility index (Phi) is 5.83. The molecule has 6 nitrogen and oxygen atoms in total. The molecule has 8 heteroatoms. The highest BCUT2D eigenvalue weighted by Crippen LogP contribution is 2.15. The van der Waals surface area contributed by atoms with Gasteiger partial charge in [0, 0.05) is 18.3 Å². The minimum absolute atomic E-state index is 0.114. The van der Waals surface area contributed by atoms with E-state index >= 15 is 0 Å². The van der Waals surface area contributed by atoms with E-state index in [4.69, 9.17) is 18.0 Å². The summed E-state index contributed by atoms with van der Waals surface area (Å²) >= 11 is 0. The van der Waals surface area contributed by atoms with Gasteiger partial charge in [-0.05, 0) is 24.4 Å². The fourth-order valence-corrected chi connectivity index (χ4v) is 1.41. The molecule has 0 heterocycles. The third kappa shape index (κ3) is 4.79. The number of hydrogen-bond donors (Lipinski definition) is 1. The standard InChI is InChI=1S/C12H12BFN2O4/c13-9(5-10(14)6-15)7-20-12(17)8-1-3-11(4-2-8)16(18)19/h1-4,6,9-10,15H,5,7H2/t9-,10+/m1/s1. The lowest BCUT2D eigenvalue weighted by Gasteiger charge is -2.12. The third-order valence-electron chi connectivity index (χ3n) is 2.45. The van der Waals surface area contributed by atoms with Crippen LogP contribution in [0.5, 0.6) is 0 Å². The quantitative estimate of drug-likeness (QED) is 0.271. The Morgan fingerprint density at radius 2 is 2.10 bits per heavy atom. The molecule has 0 aromatic heterocycles. The van der Waals surface area contributed by atoms with E-state index in [9.17, 15) is 19.3 Å². The van der Waals surface area contributed by atoms with Crippen LogP contribution in [0.4, 0.5) is 10.1 Å². The number of carbonyl (C=O) groups excluding carboxylic acids is 1. The van der Waals surface area contributed by atoms with Crippen molar-refractivity contribution in [2.75, 3.05) is 6.61 Å². The van der Waals surface area contributed by atoms with Gasteiger partial charge >= 0.3 is 5.97 Å². The number of nitro benzene ring substituents is 1. The van der Waals surface area contributed by atoms with Crippen LogP contribution in [0.15, 0.2) is 24.3 Å². The molecule has 0 spiro atoms. The van der Waals surface area contributed by atoms with E-state index in [2.05, 4.69) is 0 Å². The van der Waals surface area contributed by atoms with E-state index in [-0.39, 0.29) is 24.3 Å². The summed E-state index contributed by atoms with van der Waals surface area (Å²) in [6.45, 7) is -0.190. The molecule has 0 aliphatic carbocycles. The maximum atomic E-state index is 12.8. The SMILES string of the molecule is [B][C@@H](COC(=O)c1ccc([N+](=O)[O-])cc1)C[C@H](F)C=N. The number of carbonyl (C=O) groups is 1. The van der Waals surface area contributed by atoms with Gasteiger partial charge in [-0.1, -0.05) is 0 Å². The summed E-state index contributed by atoms with van der Waals surface area (Å²) in [7, 11) is 5.53. The zero-order valence-corrected chi connectivity index (χ0v) is 10.5. The van der Waals surface area contributed by atoms with Crippen molar-refractivity contribution in [2.24, 2.45) is 0 Å². The van der Waals surface area contributed by atoms with Crippen LogP contribution in [0.25, 0.3) is 0 Å². The number of nitro groups is 1. The molecule has 1 aromatic carbocycles. The van der Waals surface area contributed by atoms with Crippen LogP contribution in [0.1, 0.15) is 16.8 Å². The molecule has 20 heavy (non-hydrogen) atoms. The molecule has 104 valence electrons. The van der Waals surface area contributed by atoms with Crippen LogP contribution in [-0.2, 0) is 4.74 Å². The van der Waals surface area contributed by atoms with Crippen molar-refractivity contribution < 1.29 is 18.8 Å². The molecule has 1 aromatic rings. The van der Waals surface area contributed by atoms with E-state index in [1.165, 1.54) is 24.3 Å². The average molecular weight is 278 g/mol. The molecular weight excluding hydrogens is 266 g/mol. The summed E-state index contributed by atoms with van der Waals surface area (Å²) in [4.78, 5) is 21.5. The van der Waals surface area contributed by atoms with Gasteiger partial charge < -0.3 is 10.1 Å². The molecule has 0 aliphatic heterocycles. The van der Waals surface area contributed by atoms with Gasteiger partial charge in [0.2, 0.25) is 0 Å². The summed E-state index contributed by atoms with van der Waals surface area (Å²) in [6.07, 6.45) is -0.960. The van der Waals surface area contributed by atoms with Crippen LogP contribution < -0.4 is 0 Å². The molecule has 1 rings (SSSR count). The molecule has 0 saturated carbocycles. The van der Waals surface area contributed by atoms with Gasteiger partial charge in [0.1, 0.15) is 6.17 Å². The van der Waals surface area contributed by atoms with E-state index in [0.717, 1.165) is 0 Å². The van der Waals surface area contributed by atoms with Crippen LogP contribution in [-0.4, -0.2) is 37.7 Å². The van der Waals surface area contributed by atoms with E-state index in [0.29, 0.717) is 6.21 Å². The first-order valence-electron chi connectivity index (χ1n) is 5.76. The van der Waals surface area contributed by atoms with Crippen molar-refractivity contribution in [3.63, 3.8) is 0 Å². The largest absolute Gasteiger partial charge is 0.463 e. The highest BCUT2D eigenvalue weighted by molar-refractivity contribution is 6.12. The monoisotopic (exact) mass is 278 g/mol. The Morgan fingerprint density at radius 3 is 2.60 bits per heavy atom. The molecule has 0 aliphatic rings. The van der Waals surface area contributed by atoms with Crippen molar-refractivity contribution >= 4 is 25.7 Å². The number of halogens is 1. The molecule has 2 radical (unpaired) electrons. The number of esters is 1. The minimum atomic E-state index is -1.47. The van der Waals surface area contributed by atoms with Gasteiger partial charge in [-0.3, -0.25) is 10.1 Å². The van der Waals surface area contributed by atoms with Gasteiger partial charge in [0.05, 0.1) is 24.9 Å². The van der Waals surface area contributed by atoms with Crippen molar-refractivity contribution in [1.82, 2.24) is 0 Å². The average Bonchev–Trinajstić information content (AvgIpc) is 2.44. The summed E-state index contributed by atoms with van der Waals surface area (Å²) in [5, 5.41) is 17.1. The summed E-state index contributed by atoms with van der Waals surface area (Å²) in [5.74, 6) is -1.41. The molecule has 0 unspecified atom stereocenters. The number of alkyl halides is 1. The molecule has 0 saturated heterocycles. The van der Waals surface area contributed by atoms with Crippen molar-refractivity contribution in [1.29, 1.82) is 5.41 Å². The summed E-state index contributed by atoms with van der Waals surface area (Å²) in [6, 6.07) is 4.90. The summed E-state index contributed by atoms with van der Waals surface area (Å²) < 4.78 is 17.7. The van der Waals surface area contributed by atoms with Crippen LogP contribution in [0.3, 0.4) is 0 Å². The Labute approximate surface area is 116 Å². The Morgan fingerprint density at radius 1 is 1.50 bits per heavy atom. The first-order chi connectivity index (χ1) is 9.43. The topological polar surface area (TPSA) is 93.3 Å². The number of non-ortho nitro benzene ring substituents is 1. The fraction of sp³-hybridized carbons (Fsp3) is 0.333. The second-order valence-corrected chi connectivity index (χ2v) is 4.08. The van der Waals surface area contributed by atoms with Gasteiger partial charge in [0.15, 0.2) is 0 Å². The highest BCUT2D eigenvalue weighted by Gasteiger charge is 2.14.